The highest BCUT2D eigenvalue weighted by Gasteiger charge is 2.42. The van der Waals surface area contributed by atoms with E-state index < -0.39 is 0 Å². The molecule has 0 aromatic heterocycles. The average Bonchev–Trinajstić information content (AvgIpc) is 3.18. The van der Waals surface area contributed by atoms with Crippen LogP contribution in [-0.2, 0) is 14.9 Å². The average molecular weight is 335 g/mol. The van der Waals surface area contributed by atoms with E-state index in [1.807, 2.05) is 4.90 Å². The summed E-state index contributed by atoms with van der Waals surface area (Å²) in [7, 11) is 0. The Labute approximate surface area is 149 Å². The summed E-state index contributed by atoms with van der Waals surface area (Å²) in [6.45, 7) is 2.29. The van der Waals surface area contributed by atoms with E-state index in [9.17, 15) is 4.79 Å². The molecule has 2 aliphatic rings. The van der Waals surface area contributed by atoms with Crippen LogP contribution < -0.4 is 0 Å². The molecule has 1 amide bonds. The lowest BCUT2D eigenvalue weighted by Crippen LogP contribution is -2.51. The van der Waals surface area contributed by atoms with E-state index in [1.165, 1.54) is 11.1 Å². The molecule has 0 spiro atoms. The van der Waals surface area contributed by atoms with Gasteiger partial charge in [-0.25, -0.2) is 0 Å². The second kappa shape index (κ2) is 7.01. The maximum Gasteiger partial charge on any atom is 0.222 e. The zero-order chi connectivity index (χ0) is 17.1. The van der Waals surface area contributed by atoms with E-state index in [4.69, 9.17) is 4.74 Å². The highest BCUT2D eigenvalue weighted by Crippen LogP contribution is 2.40. The molecule has 1 atom stereocenters. The first-order valence-electron chi connectivity index (χ1n) is 9.28. The Balaban J connectivity index is 1.69. The fraction of sp³-hybridized carbons (Fsp3) is 0.409. The zero-order valence-electron chi connectivity index (χ0n) is 14.6. The molecule has 25 heavy (non-hydrogen) atoms. The summed E-state index contributed by atoms with van der Waals surface area (Å²) in [6.07, 6.45) is 3.83. The summed E-state index contributed by atoms with van der Waals surface area (Å²) in [4.78, 5) is 14.6. The van der Waals surface area contributed by atoms with Gasteiger partial charge in [-0.15, -0.1) is 0 Å². The van der Waals surface area contributed by atoms with Gasteiger partial charge in [0, 0.05) is 31.5 Å². The molecule has 4 rings (SSSR count). The first kappa shape index (κ1) is 16.3. The van der Waals surface area contributed by atoms with Crippen molar-refractivity contribution >= 4 is 5.91 Å². The van der Waals surface area contributed by atoms with Crippen LogP contribution in [0.5, 0.6) is 0 Å². The summed E-state index contributed by atoms with van der Waals surface area (Å²) in [5.74, 6) is 0.262. The Hall–Kier alpha value is -2.13. The number of likely N-dealkylation sites (tertiary alicyclic amines) is 1. The first-order valence-corrected chi connectivity index (χ1v) is 9.28. The number of hydrogen-bond donors (Lipinski definition) is 0. The molecule has 0 aliphatic carbocycles. The van der Waals surface area contributed by atoms with Gasteiger partial charge in [0.25, 0.3) is 0 Å². The number of benzene rings is 2. The lowest BCUT2D eigenvalue weighted by molar-refractivity contribution is -0.136. The highest BCUT2D eigenvalue weighted by molar-refractivity contribution is 5.78. The fourth-order valence-corrected chi connectivity index (χ4v) is 4.32. The maximum absolute atomic E-state index is 12.6. The lowest BCUT2D eigenvalue weighted by Gasteiger charge is -2.44. The predicted octanol–water partition coefficient (Wildman–Crippen LogP) is 3.77. The van der Waals surface area contributed by atoms with Gasteiger partial charge in [-0.1, -0.05) is 60.7 Å². The molecule has 2 aliphatic heterocycles. The lowest BCUT2D eigenvalue weighted by atomic mass is 9.69. The number of hydrogen-bond acceptors (Lipinski definition) is 2. The normalized spacial score (nSPS) is 23.0. The standard InChI is InChI=1S/C22H25NO2/c24-21-13-14-22(18-8-3-1-4-9-18,19-10-5-2-6-11-19)17-23(21)16-20-12-7-15-25-20/h1-6,8-11,20H,7,12-17H2/t20-/m1/s1. The van der Waals surface area contributed by atoms with E-state index >= 15 is 0 Å². The number of carbonyl (C=O) groups excluding carboxylic acids is 1. The van der Waals surface area contributed by atoms with Gasteiger partial charge in [0.1, 0.15) is 0 Å². The van der Waals surface area contributed by atoms with E-state index in [1.54, 1.807) is 0 Å². The number of nitrogens with zero attached hydrogens (tertiary/aromatic N) is 1. The highest BCUT2D eigenvalue weighted by atomic mass is 16.5. The molecule has 0 bridgehead atoms. The van der Waals surface area contributed by atoms with E-state index in [2.05, 4.69) is 60.7 Å². The minimum atomic E-state index is -0.130. The van der Waals surface area contributed by atoms with Gasteiger partial charge in [0.15, 0.2) is 0 Å². The van der Waals surface area contributed by atoms with Crippen LogP contribution in [0, 0.1) is 0 Å². The Bertz CT molecular complexity index is 668. The van der Waals surface area contributed by atoms with Crippen LogP contribution >= 0.6 is 0 Å². The van der Waals surface area contributed by atoms with E-state index in [0.29, 0.717) is 6.42 Å². The summed E-state index contributed by atoms with van der Waals surface area (Å²) in [5, 5.41) is 0. The van der Waals surface area contributed by atoms with Crippen LogP contribution in [0.1, 0.15) is 36.8 Å². The third-order valence-electron chi connectivity index (χ3n) is 5.68. The van der Waals surface area contributed by atoms with Crippen LogP contribution in [-0.4, -0.2) is 36.6 Å². The molecule has 2 aromatic rings. The van der Waals surface area contributed by atoms with Crippen molar-refractivity contribution in [2.75, 3.05) is 19.7 Å². The third kappa shape index (κ3) is 3.21. The van der Waals surface area contributed by atoms with Crippen molar-refractivity contribution < 1.29 is 9.53 Å². The Morgan fingerprint density at radius 3 is 2.20 bits per heavy atom. The number of amides is 1. The minimum Gasteiger partial charge on any atom is -0.376 e. The second-order valence-corrected chi connectivity index (χ2v) is 7.22. The number of rotatable bonds is 4. The van der Waals surface area contributed by atoms with Crippen LogP contribution in [0.3, 0.4) is 0 Å². The van der Waals surface area contributed by atoms with Gasteiger partial charge >= 0.3 is 0 Å². The third-order valence-corrected chi connectivity index (χ3v) is 5.68. The molecule has 2 fully saturated rings. The smallest absolute Gasteiger partial charge is 0.222 e. The SMILES string of the molecule is O=C1CCC(c2ccccc2)(c2ccccc2)CN1C[C@H]1CCCO1. The van der Waals surface area contributed by atoms with Crippen molar-refractivity contribution in [1.29, 1.82) is 0 Å². The fourth-order valence-electron chi connectivity index (χ4n) is 4.32. The molecule has 2 heterocycles. The van der Waals surface area contributed by atoms with Gasteiger partial charge in [-0.2, -0.15) is 0 Å². The monoisotopic (exact) mass is 335 g/mol. The van der Waals surface area contributed by atoms with Crippen molar-refractivity contribution in [2.24, 2.45) is 0 Å². The molecule has 0 radical (unpaired) electrons. The molecule has 3 heteroatoms. The quantitative estimate of drug-likeness (QED) is 0.851. The largest absolute Gasteiger partial charge is 0.376 e. The van der Waals surface area contributed by atoms with Crippen molar-refractivity contribution in [3.05, 3.63) is 71.8 Å². The van der Waals surface area contributed by atoms with Gasteiger partial charge in [0.05, 0.1) is 6.10 Å². The summed E-state index contributed by atoms with van der Waals surface area (Å²) < 4.78 is 5.79. The summed E-state index contributed by atoms with van der Waals surface area (Å²) >= 11 is 0. The number of ether oxygens (including phenoxy) is 1. The molecule has 0 unspecified atom stereocenters. The molecule has 0 saturated carbocycles. The predicted molar refractivity (Wildman–Crippen MR) is 98.5 cm³/mol. The van der Waals surface area contributed by atoms with Crippen molar-refractivity contribution in [2.45, 2.75) is 37.2 Å². The van der Waals surface area contributed by atoms with E-state index in [-0.39, 0.29) is 17.4 Å². The molecule has 3 nitrogen and oxygen atoms in total. The summed E-state index contributed by atoms with van der Waals surface area (Å²) in [5.41, 5.74) is 2.46. The van der Waals surface area contributed by atoms with Crippen molar-refractivity contribution in [3.63, 3.8) is 0 Å². The molecule has 2 aromatic carbocycles. The van der Waals surface area contributed by atoms with Gasteiger partial charge in [-0.3, -0.25) is 4.79 Å². The van der Waals surface area contributed by atoms with Gasteiger partial charge in [-0.05, 0) is 30.4 Å². The topological polar surface area (TPSA) is 29.5 Å². The van der Waals surface area contributed by atoms with Crippen molar-refractivity contribution in [3.8, 4) is 0 Å². The summed E-state index contributed by atoms with van der Waals surface area (Å²) in [6, 6.07) is 21.3. The Kier molecular flexibility index (Phi) is 4.58. The van der Waals surface area contributed by atoms with Crippen LogP contribution in [0.4, 0.5) is 0 Å². The Morgan fingerprint density at radius 2 is 1.64 bits per heavy atom. The first-order chi connectivity index (χ1) is 12.3. The van der Waals surface area contributed by atoms with E-state index in [0.717, 1.165) is 39.0 Å². The van der Waals surface area contributed by atoms with Gasteiger partial charge < -0.3 is 9.64 Å². The maximum atomic E-state index is 12.6. The molecular formula is C22H25NO2. The molecular weight excluding hydrogens is 310 g/mol. The van der Waals surface area contributed by atoms with Crippen LogP contribution in [0.2, 0.25) is 0 Å². The Morgan fingerprint density at radius 1 is 1.00 bits per heavy atom. The molecule has 0 N–H and O–H groups in total. The second-order valence-electron chi connectivity index (χ2n) is 7.22. The number of carbonyl (C=O) groups is 1. The number of piperidine rings is 1. The van der Waals surface area contributed by atoms with Crippen LogP contribution in [0.25, 0.3) is 0 Å². The van der Waals surface area contributed by atoms with Crippen LogP contribution in [0.15, 0.2) is 60.7 Å². The van der Waals surface area contributed by atoms with Gasteiger partial charge in [0.2, 0.25) is 5.91 Å². The van der Waals surface area contributed by atoms with Crippen molar-refractivity contribution in [1.82, 2.24) is 4.90 Å². The molecule has 2 saturated heterocycles. The molecule has 130 valence electrons. The minimum absolute atomic E-state index is 0.130. The zero-order valence-corrected chi connectivity index (χ0v) is 14.6.